The van der Waals surface area contributed by atoms with Crippen LogP contribution in [0.2, 0.25) is 5.02 Å². The first kappa shape index (κ1) is 33.3. The fraction of sp³-hybridized carbons (Fsp3) is 0.581. The van der Waals surface area contributed by atoms with E-state index in [-0.39, 0.29) is 53.0 Å². The van der Waals surface area contributed by atoms with E-state index in [1.54, 1.807) is 21.1 Å². The number of nitrogens with zero attached hydrogens (tertiary/aromatic N) is 4. The number of anilines is 2. The van der Waals surface area contributed by atoms with Crippen LogP contribution in [0.5, 0.6) is 0 Å². The van der Waals surface area contributed by atoms with E-state index in [1.807, 2.05) is 30.4 Å². The molecule has 0 saturated carbocycles. The van der Waals surface area contributed by atoms with Gasteiger partial charge in [0, 0.05) is 56.6 Å². The maximum Gasteiger partial charge on any atom is 0.418 e. The molecule has 2 aromatic rings. The predicted octanol–water partition coefficient (Wildman–Crippen LogP) is 5.60. The quantitative estimate of drug-likeness (QED) is 0.383. The molecule has 4 heterocycles. The monoisotopic (exact) mass is 668 g/mol. The third kappa shape index (κ3) is 7.52. The highest BCUT2D eigenvalue weighted by Crippen LogP contribution is 2.40. The molecule has 0 aliphatic carbocycles. The number of halogens is 4. The average Bonchev–Trinajstić information content (AvgIpc) is 3.46. The van der Waals surface area contributed by atoms with Gasteiger partial charge in [-0.2, -0.15) is 13.2 Å². The highest BCUT2D eigenvalue weighted by molar-refractivity contribution is 7.10. The summed E-state index contributed by atoms with van der Waals surface area (Å²) in [6, 6.07) is 4.54. The van der Waals surface area contributed by atoms with E-state index in [0.717, 1.165) is 29.5 Å². The molecule has 45 heavy (non-hydrogen) atoms. The van der Waals surface area contributed by atoms with E-state index in [9.17, 15) is 27.6 Å². The number of urea groups is 1. The van der Waals surface area contributed by atoms with Gasteiger partial charge in [0.25, 0.3) is 0 Å². The van der Waals surface area contributed by atoms with E-state index in [2.05, 4.69) is 15.5 Å². The Labute approximate surface area is 270 Å². The van der Waals surface area contributed by atoms with Crippen LogP contribution in [0.25, 0.3) is 0 Å². The lowest BCUT2D eigenvalue weighted by Crippen LogP contribution is -2.51. The summed E-state index contributed by atoms with van der Waals surface area (Å²) >= 11 is 7.86. The van der Waals surface area contributed by atoms with Crippen molar-refractivity contribution >= 4 is 52.2 Å². The number of alkyl halides is 3. The van der Waals surface area contributed by atoms with Crippen LogP contribution >= 0.6 is 22.9 Å². The van der Waals surface area contributed by atoms with Gasteiger partial charge in [-0.25, -0.2) is 4.79 Å². The Balaban J connectivity index is 1.29. The fourth-order valence-corrected chi connectivity index (χ4v) is 7.86. The van der Waals surface area contributed by atoms with Crippen LogP contribution in [-0.4, -0.2) is 96.9 Å². The molecule has 0 unspecified atom stereocenters. The minimum absolute atomic E-state index is 0.0201. The van der Waals surface area contributed by atoms with E-state index in [0.29, 0.717) is 51.6 Å². The first-order valence-electron chi connectivity index (χ1n) is 15.3. The van der Waals surface area contributed by atoms with Crippen LogP contribution in [-0.2, 0) is 28.7 Å². The Kier molecular flexibility index (Phi) is 10.2. The van der Waals surface area contributed by atoms with E-state index < -0.39 is 17.7 Å². The number of rotatable bonds is 8. The van der Waals surface area contributed by atoms with E-state index >= 15 is 0 Å². The first-order chi connectivity index (χ1) is 21.3. The minimum atomic E-state index is -4.65. The van der Waals surface area contributed by atoms with E-state index in [1.165, 1.54) is 13.1 Å². The van der Waals surface area contributed by atoms with Gasteiger partial charge in [-0.05, 0) is 75.3 Å². The molecule has 2 saturated heterocycles. The second kappa shape index (κ2) is 13.8. The van der Waals surface area contributed by atoms with Crippen LogP contribution in [0.4, 0.5) is 29.3 Å². The zero-order valence-electron chi connectivity index (χ0n) is 25.8. The number of hydrogen-bond donors (Lipinski definition) is 2. The highest BCUT2D eigenvalue weighted by Gasteiger charge is 2.38. The molecule has 0 bridgehead atoms. The molecule has 3 aliphatic heterocycles. The first-order valence-corrected chi connectivity index (χ1v) is 16.6. The Hall–Kier alpha value is -3.03. The topological polar surface area (TPSA) is 88.2 Å². The lowest BCUT2D eigenvalue weighted by Gasteiger charge is -2.40. The second-order valence-corrected chi connectivity index (χ2v) is 13.7. The molecule has 1 atom stereocenters. The molecule has 4 amide bonds. The number of hydrogen-bond acceptors (Lipinski definition) is 6. The summed E-state index contributed by atoms with van der Waals surface area (Å²) in [6.07, 6.45) is -2.04. The van der Waals surface area contributed by atoms with Crippen molar-refractivity contribution in [1.82, 2.24) is 19.6 Å². The third-order valence-corrected chi connectivity index (χ3v) is 10.5. The van der Waals surface area contributed by atoms with Crippen LogP contribution in [0.3, 0.4) is 0 Å². The summed E-state index contributed by atoms with van der Waals surface area (Å²) in [4.78, 5) is 48.8. The van der Waals surface area contributed by atoms with Gasteiger partial charge in [0.05, 0.1) is 34.4 Å². The molecule has 14 heteroatoms. The number of likely N-dealkylation sites (tertiary alicyclic amines) is 2. The smallest absolute Gasteiger partial charge is 0.386 e. The number of nitrogens with one attached hydrogen (secondary N) is 2. The number of carbonyl (C=O) groups excluding carboxylic acids is 3. The molecule has 2 N–H and O–H groups in total. The van der Waals surface area contributed by atoms with E-state index in [4.69, 9.17) is 11.6 Å². The summed E-state index contributed by atoms with van der Waals surface area (Å²) in [7, 11) is 5.38. The summed E-state index contributed by atoms with van der Waals surface area (Å²) in [5, 5.41) is 7.32. The molecular weight excluding hydrogens is 629 g/mol. The number of carbonyl (C=O) groups is 3. The maximum atomic E-state index is 13.9. The van der Waals surface area contributed by atoms with Crippen LogP contribution in [0.1, 0.15) is 48.1 Å². The summed E-state index contributed by atoms with van der Waals surface area (Å²) in [5.74, 6) is -1.28. The largest absolute Gasteiger partial charge is 0.418 e. The average molecular weight is 669 g/mol. The Morgan fingerprint density at radius 3 is 2.40 bits per heavy atom. The molecule has 246 valence electrons. The Bertz CT molecular complexity index is 1400. The molecule has 9 nitrogen and oxygen atoms in total. The molecule has 0 radical (unpaired) electrons. The second-order valence-electron chi connectivity index (χ2n) is 12.3. The summed E-state index contributed by atoms with van der Waals surface area (Å²) in [6.45, 7) is 2.44. The van der Waals surface area contributed by atoms with Crippen molar-refractivity contribution in [3.63, 3.8) is 0 Å². The van der Waals surface area contributed by atoms with Gasteiger partial charge in [0.1, 0.15) is 0 Å². The van der Waals surface area contributed by atoms with Crippen LogP contribution in [0.15, 0.2) is 23.6 Å². The summed E-state index contributed by atoms with van der Waals surface area (Å²) in [5.41, 5.74) is -0.0309. The molecule has 0 spiro atoms. The van der Waals surface area contributed by atoms with Gasteiger partial charge < -0.3 is 30.2 Å². The maximum absolute atomic E-state index is 13.9. The molecule has 2 fully saturated rings. The van der Waals surface area contributed by atoms with Gasteiger partial charge in [-0.1, -0.05) is 11.6 Å². The predicted molar refractivity (Wildman–Crippen MR) is 170 cm³/mol. The van der Waals surface area contributed by atoms with Crippen molar-refractivity contribution in [2.24, 2.45) is 5.92 Å². The molecule has 1 aromatic heterocycles. The van der Waals surface area contributed by atoms with Crippen LogP contribution in [0, 0.1) is 5.92 Å². The number of benzene rings is 1. The lowest BCUT2D eigenvalue weighted by molar-refractivity contribution is -0.143. The SMILES string of the molecule is CNc1c(Cl)cc(C[C@@H](CC(=O)N2CCC(N3Cc4sccc4NC3=O)CC2)C(=O)N2CCC(N(C)C)CC2)cc1C(F)(F)F. The zero-order chi connectivity index (χ0) is 32.5. The number of piperidine rings is 2. The molecule has 5 rings (SSSR count). The standard InChI is InChI=1S/C31H40ClF3N6O3S/c1-36-28-23(31(33,34)35)15-19(16-24(28)32)14-20(29(43)40-11-4-21(5-12-40)38(2)3)17-27(42)39-9-6-22(7-10-39)41-18-26-25(8-13-45-26)37-30(41)44/h8,13,15-16,20-22,36H,4-7,9-12,14,17-18H2,1-3H3,(H,37,44)/t20-/m0/s1. The normalized spacial score (nSPS) is 19.0. The molecular formula is C31H40ClF3N6O3S. The molecule has 1 aromatic carbocycles. The molecule has 3 aliphatic rings. The Morgan fingerprint density at radius 1 is 1.11 bits per heavy atom. The summed E-state index contributed by atoms with van der Waals surface area (Å²) < 4.78 is 41.8. The van der Waals surface area contributed by atoms with Crippen molar-refractivity contribution < 1.29 is 27.6 Å². The van der Waals surface area contributed by atoms with Gasteiger partial charge in [0.15, 0.2) is 0 Å². The number of thiophene rings is 1. The van der Waals surface area contributed by atoms with Gasteiger partial charge >= 0.3 is 12.2 Å². The highest BCUT2D eigenvalue weighted by atomic mass is 35.5. The number of amides is 4. The van der Waals surface area contributed by atoms with Gasteiger partial charge in [-0.3, -0.25) is 9.59 Å². The third-order valence-electron chi connectivity index (χ3n) is 9.28. The fourth-order valence-electron chi connectivity index (χ4n) is 6.70. The minimum Gasteiger partial charge on any atom is -0.386 e. The van der Waals surface area contributed by atoms with Crippen molar-refractivity contribution in [2.45, 2.75) is 63.3 Å². The van der Waals surface area contributed by atoms with Crippen molar-refractivity contribution in [3.05, 3.63) is 44.6 Å². The Morgan fingerprint density at radius 2 is 1.78 bits per heavy atom. The van der Waals surface area contributed by atoms with Crippen molar-refractivity contribution in [2.75, 3.05) is 58.0 Å². The zero-order valence-corrected chi connectivity index (χ0v) is 27.3. The van der Waals surface area contributed by atoms with Crippen LogP contribution < -0.4 is 10.6 Å². The van der Waals surface area contributed by atoms with Crippen molar-refractivity contribution in [3.8, 4) is 0 Å². The number of fused-ring (bicyclic) bond motifs is 1. The van der Waals surface area contributed by atoms with Gasteiger partial charge in [0.2, 0.25) is 11.8 Å². The lowest BCUT2D eigenvalue weighted by atomic mass is 9.91. The van der Waals surface area contributed by atoms with Gasteiger partial charge in [-0.15, -0.1) is 11.3 Å². The van der Waals surface area contributed by atoms with Crippen molar-refractivity contribution in [1.29, 1.82) is 0 Å².